The first-order valence-corrected chi connectivity index (χ1v) is 14.0. The Bertz CT molecular complexity index is 2170. The van der Waals surface area contributed by atoms with E-state index in [0.29, 0.717) is 17.5 Å². The summed E-state index contributed by atoms with van der Waals surface area (Å²) in [6.45, 7) is 0. The van der Waals surface area contributed by atoms with Gasteiger partial charge < -0.3 is 4.42 Å². The molecule has 0 aliphatic rings. The predicted octanol–water partition coefficient (Wildman–Crippen LogP) is 8.90. The van der Waals surface area contributed by atoms with Gasteiger partial charge in [0.05, 0.1) is 0 Å². The van der Waals surface area contributed by atoms with Crippen LogP contribution >= 0.6 is 0 Å². The molecule has 4 aromatic carbocycles. The summed E-state index contributed by atoms with van der Waals surface area (Å²) in [5, 5.41) is 0. The van der Waals surface area contributed by atoms with E-state index in [4.69, 9.17) is 19.4 Å². The molecule has 0 saturated carbocycles. The Balaban J connectivity index is 1.18. The molecule has 0 aliphatic heterocycles. The van der Waals surface area contributed by atoms with Gasteiger partial charge in [0, 0.05) is 34.6 Å². The van der Waals surface area contributed by atoms with Gasteiger partial charge in [-0.1, -0.05) is 103 Å². The second-order valence-corrected chi connectivity index (χ2v) is 10.2. The molecule has 0 unspecified atom stereocenters. The molecule has 0 spiro atoms. The molecule has 4 heterocycles. The van der Waals surface area contributed by atoms with E-state index in [9.17, 15) is 0 Å². The Morgan fingerprint density at radius 3 is 1.67 bits per heavy atom. The van der Waals surface area contributed by atoms with Crippen LogP contribution in [0.2, 0.25) is 0 Å². The van der Waals surface area contributed by atoms with Crippen LogP contribution in [0.25, 0.3) is 78.6 Å². The van der Waals surface area contributed by atoms with Crippen LogP contribution in [0.5, 0.6) is 0 Å². The van der Waals surface area contributed by atoms with Crippen molar-refractivity contribution in [1.82, 2.24) is 24.9 Å². The molecule has 8 rings (SSSR count). The van der Waals surface area contributed by atoms with Crippen molar-refractivity contribution in [2.75, 3.05) is 0 Å². The van der Waals surface area contributed by atoms with Crippen molar-refractivity contribution in [2.45, 2.75) is 0 Å². The lowest BCUT2D eigenvalue weighted by atomic mass is 9.99. The third-order valence-corrected chi connectivity index (χ3v) is 7.46. The Morgan fingerprint density at radius 1 is 0.395 bits per heavy atom. The number of hydrogen-bond acceptors (Lipinski definition) is 6. The molecule has 0 radical (unpaired) electrons. The van der Waals surface area contributed by atoms with Crippen LogP contribution in [-0.2, 0) is 0 Å². The number of pyridine rings is 2. The minimum Gasteiger partial charge on any atom is -0.452 e. The molecular weight excluding hydrogens is 530 g/mol. The number of benzene rings is 4. The highest BCUT2D eigenvalue weighted by Gasteiger charge is 2.15. The van der Waals surface area contributed by atoms with E-state index in [1.54, 1.807) is 12.4 Å². The van der Waals surface area contributed by atoms with Gasteiger partial charge in [-0.25, -0.2) is 15.0 Å². The maximum absolute atomic E-state index is 6.16. The van der Waals surface area contributed by atoms with Gasteiger partial charge >= 0.3 is 0 Å². The van der Waals surface area contributed by atoms with Gasteiger partial charge in [-0.2, -0.15) is 0 Å². The third-order valence-electron chi connectivity index (χ3n) is 7.46. The number of nitrogens with zero attached hydrogens (tertiary/aromatic N) is 5. The molecule has 202 valence electrons. The smallest absolute Gasteiger partial charge is 0.164 e. The van der Waals surface area contributed by atoms with Gasteiger partial charge in [-0.3, -0.25) is 9.97 Å². The first kappa shape index (κ1) is 24.8. The van der Waals surface area contributed by atoms with Crippen molar-refractivity contribution in [1.29, 1.82) is 0 Å². The molecule has 8 aromatic rings. The van der Waals surface area contributed by atoms with Crippen LogP contribution in [0.4, 0.5) is 0 Å². The maximum Gasteiger partial charge on any atom is 0.164 e. The fourth-order valence-electron chi connectivity index (χ4n) is 5.33. The van der Waals surface area contributed by atoms with Crippen LogP contribution in [0.1, 0.15) is 0 Å². The van der Waals surface area contributed by atoms with Crippen LogP contribution in [-0.4, -0.2) is 24.9 Å². The highest BCUT2D eigenvalue weighted by molar-refractivity contribution is 6.05. The molecule has 0 atom stereocenters. The fourth-order valence-corrected chi connectivity index (χ4v) is 5.33. The second-order valence-electron chi connectivity index (χ2n) is 10.2. The highest BCUT2D eigenvalue weighted by atomic mass is 16.3. The second kappa shape index (κ2) is 10.4. The molecule has 0 saturated heterocycles. The van der Waals surface area contributed by atoms with Crippen LogP contribution in [0, 0.1) is 0 Å². The minimum absolute atomic E-state index is 0.629. The summed E-state index contributed by atoms with van der Waals surface area (Å²) in [4.78, 5) is 23.6. The van der Waals surface area contributed by atoms with E-state index < -0.39 is 0 Å². The molecule has 0 bridgehead atoms. The quantitative estimate of drug-likeness (QED) is 0.212. The SMILES string of the molecule is c1ccc(-c2nc(-c3ccccc3)nc(-c3cccc(-c4ccc(-c5ccnc6c5oc5cccnc56)cc4)c3)n2)cc1. The normalized spacial score (nSPS) is 11.3. The zero-order chi connectivity index (χ0) is 28.6. The molecule has 6 nitrogen and oxygen atoms in total. The topological polar surface area (TPSA) is 77.6 Å². The summed E-state index contributed by atoms with van der Waals surface area (Å²) in [5.41, 5.74) is 10.0. The summed E-state index contributed by atoms with van der Waals surface area (Å²) in [5.74, 6) is 1.91. The summed E-state index contributed by atoms with van der Waals surface area (Å²) in [7, 11) is 0. The van der Waals surface area contributed by atoms with Gasteiger partial charge in [0.2, 0.25) is 0 Å². The molecule has 0 aliphatic carbocycles. The van der Waals surface area contributed by atoms with Crippen molar-refractivity contribution >= 4 is 22.2 Å². The lowest BCUT2D eigenvalue weighted by Gasteiger charge is -2.10. The summed E-state index contributed by atoms with van der Waals surface area (Å²) in [6, 6.07) is 42.6. The molecule has 6 heteroatoms. The lowest BCUT2D eigenvalue weighted by molar-refractivity contribution is 0.668. The third kappa shape index (κ3) is 4.61. The number of rotatable bonds is 5. The first-order valence-electron chi connectivity index (χ1n) is 14.0. The first-order chi connectivity index (χ1) is 21.3. The van der Waals surface area contributed by atoms with Crippen molar-refractivity contribution in [3.63, 3.8) is 0 Å². The Labute approximate surface area is 247 Å². The van der Waals surface area contributed by atoms with Crippen LogP contribution < -0.4 is 0 Å². The average Bonchev–Trinajstić information content (AvgIpc) is 3.48. The zero-order valence-corrected chi connectivity index (χ0v) is 22.9. The number of aromatic nitrogens is 5. The van der Waals surface area contributed by atoms with E-state index in [0.717, 1.165) is 61.1 Å². The van der Waals surface area contributed by atoms with E-state index in [1.807, 2.05) is 91.0 Å². The van der Waals surface area contributed by atoms with Gasteiger partial charge in [0.15, 0.2) is 28.6 Å². The lowest BCUT2D eigenvalue weighted by Crippen LogP contribution is -2.00. The standard InChI is InChI=1S/C37H23N5O/c1-3-9-26(10-4-1)35-40-36(27-11-5-2-6-12-27)42-37(41-35)29-14-7-13-28(23-29)24-16-18-25(19-17-24)30-20-22-39-33-32-31(43-34(30)33)15-8-21-38-32/h1-23H. The fraction of sp³-hybridized carbons (Fsp3) is 0. The summed E-state index contributed by atoms with van der Waals surface area (Å²) < 4.78 is 6.16. The Hall–Kier alpha value is -6.01. The largest absolute Gasteiger partial charge is 0.452 e. The van der Waals surface area contributed by atoms with Crippen LogP contribution in [0.15, 0.2) is 144 Å². The van der Waals surface area contributed by atoms with Gasteiger partial charge in [-0.05, 0) is 41.0 Å². The summed E-state index contributed by atoms with van der Waals surface area (Å²) >= 11 is 0. The Kier molecular flexibility index (Phi) is 6.01. The van der Waals surface area contributed by atoms with Crippen molar-refractivity contribution in [3.05, 3.63) is 140 Å². The van der Waals surface area contributed by atoms with E-state index in [1.165, 1.54) is 0 Å². The molecule has 43 heavy (non-hydrogen) atoms. The number of fused-ring (bicyclic) bond motifs is 3. The van der Waals surface area contributed by atoms with E-state index >= 15 is 0 Å². The zero-order valence-electron chi connectivity index (χ0n) is 22.9. The maximum atomic E-state index is 6.16. The number of furan rings is 1. The van der Waals surface area contributed by atoms with Gasteiger partial charge in [-0.15, -0.1) is 0 Å². The Morgan fingerprint density at radius 2 is 0.977 bits per heavy atom. The minimum atomic E-state index is 0.629. The molecule has 0 N–H and O–H groups in total. The van der Waals surface area contributed by atoms with Crippen molar-refractivity contribution < 1.29 is 4.42 Å². The van der Waals surface area contributed by atoms with Gasteiger partial charge in [0.1, 0.15) is 11.0 Å². The monoisotopic (exact) mass is 553 g/mol. The van der Waals surface area contributed by atoms with E-state index in [-0.39, 0.29) is 0 Å². The molecule has 0 fully saturated rings. The van der Waals surface area contributed by atoms with Gasteiger partial charge in [0.25, 0.3) is 0 Å². The van der Waals surface area contributed by atoms with E-state index in [2.05, 4.69) is 46.4 Å². The molecule has 0 amide bonds. The van der Waals surface area contributed by atoms with Crippen LogP contribution in [0.3, 0.4) is 0 Å². The molecular formula is C37H23N5O. The summed E-state index contributed by atoms with van der Waals surface area (Å²) in [6.07, 6.45) is 3.57. The van der Waals surface area contributed by atoms with Crippen molar-refractivity contribution in [3.8, 4) is 56.4 Å². The number of hydrogen-bond donors (Lipinski definition) is 0. The average molecular weight is 554 g/mol. The highest BCUT2D eigenvalue weighted by Crippen LogP contribution is 2.35. The van der Waals surface area contributed by atoms with Crippen molar-refractivity contribution in [2.24, 2.45) is 0 Å². The predicted molar refractivity (Wildman–Crippen MR) is 170 cm³/mol. The molecule has 4 aromatic heterocycles.